The summed E-state index contributed by atoms with van der Waals surface area (Å²) in [5.74, 6) is 0.629. The van der Waals surface area contributed by atoms with E-state index >= 15 is 0 Å². The Hall–Kier alpha value is -1.38. The molecule has 0 aliphatic carbocycles. The van der Waals surface area contributed by atoms with Crippen LogP contribution in [0.1, 0.15) is 50.4 Å². The number of benzene rings is 1. The highest BCUT2D eigenvalue weighted by Gasteiger charge is 2.36. The van der Waals surface area contributed by atoms with E-state index in [9.17, 15) is 9.18 Å². The molecule has 1 atom stereocenters. The average molecular weight is 250 g/mol. The quantitative estimate of drug-likeness (QED) is 0.811. The normalized spacial score (nSPS) is 22.8. The molecule has 0 saturated carbocycles. The number of ketones is 1. The third kappa shape index (κ3) is 2.71. The summed E-state index contributed by atoms with van der Waals surface area (Å²) in [4.78, 5) is 12.1. The van der Waals surface area contributed by atoms with Gasteiger partial charge in [0.05, 0.1) is 12.0 Å². The summed E-state index contributed by atoms with van der Waals surface area (Å²) < 4.78 is 19.1. The highest BCUT2D eigenvalue weighted by atomic mass is 19.1. The van der Waals surface area contributed by atoms with Crippen molar-refractivity contribution in [2.24, 2.45) is 5.92 Å². The zero-order valence-corrected chi connectivity index (χ0v) is 11.1. The van der Waals surface area contributed by atoms with E-state index in [1.807, 2.05) is 6.92 Å². The zero-order chi connectivity index (χ0) is 13.3. The first-order chi connectivity index (χ1) is 8.39. The van der Waals surface area contributed by atoms with Crippen LogP contribution in [-0.2, 0) is 0 Å². The molecule has 1 heterocycles. The highest BCUT2D eigenvalue weighted by molar-refractivity contribution is 6.00. The molecule has 0 radical (unpaired) electrons. The van der Waals surface area contributed by atoms with Crippen LogP contribution in [0.3, 0.4) is 0 Å². The lowest BCUT2D eigenvalue weighted by atomic mass is 9.86. The molecule has 1 aliphatic heterocycles. The lowest BCUT2D eigenvalue weighted by molar-refractivity contribution is 0.0433. The van der Waals surface area contributed by atoms with E-state index in [1.165, 1.54) is 18.2 Å². The Labute approximate surface area is 107 Å². The molecule has 18 heavy (non-hydrogen) atoms. The number of fused-ring (bicyclic) bond motifs is 1. The van der Waals surface area contributed by atoms with E-state index in [1.54, 1.807) is 0 Å². The van der Waals surface area contributed by atoms with Crippen molar-refractivity contribution < 1.29 is 13.9 Å². The maximum atomic E-state index is 13.2. The highest BCUT2D eigenvalue weighted by Crippen LogP contribution is 2.36. The smallest absolute Gasteiger partial charge is 0.170 e. The van der Waals surface area contributed by atoms with Crippen LogP contribution in [0.25, 0.3) is 0 Å². The van der Waals surface area contributed by atoms with Crippen molar-refractivity contribution in [1.82, 2.24) is 0 Å². The molecule has 2 rings (SSSR count). The zero-order valence-electron chi connectivity index (χ0n) is 11.1. The summed E-state index contributed by atoms with van der Waals surface area (Å²) >= 11 is 0. The van der Waals surface area contributed by atoms with Gasteiger partial charge in [-0.3, -0.25) is 4.79 Å². The van der Waals surface area contributed by atoms with Crippen LogP contribution in [0.4, 0.5) is 4.39 Å². The molecule has 0 fully saturated rings. The van der Waals surface area contributed by atoms with E-state index < -0.39 is 5.60 Å². The number of Topliss-reactive ketones (excluding diaryl/α,β-unsaturated/α-hetero) is 1. The van der Waals surface area contributed by atoms with Gasteiger partial charge in [-0.25, -0.2) is 4.39 Å². The summed E-state index contributed by atoms with van der Waals surface area (Å²) in [6.07, 6.45) is 2.18. The molecule has 0 amide bonds. The first kappa shape index (κ1) is 13.1. The van der Waals surface area contributed by atoms with Crippen molar-refractivity contribution in [3.63, 3.8) is 0 Å². The first-order valence-corrected chi connectivity index (χ1v) is 6.41. The molecule has 0 spiro atoms. The molecule has 0 N–H and O–H groups in total. The van der Waals surface area contributed by atoms with Gasteiger partial charge in [0.15, 0.2) is 5.78 Å². The Morgan fingerprint density at radius 2 is 2.17 bits per heavy atom. The second kappa shape index (κ2) is 4.71. The van der Waals surface area contributed by atoms with Gasteiger partial charge in [0.1, 0.15) is 17.2 Å². The van der Waals surface area contributed by atoms with E-state index in [-0.39, 0.29) is 11.6 Å². The Kier molecular flexibility index (Phi) is 3.42. The number of hydrogen-bond acceptors (Lipinski definition) is 2. The Morgan fingerprint density at radius 1 is 1.44 bits per heavy atom. The van der Waals surface area contributed by atoms with Crippen LogP contribution in [0.5, 0.6) is 5.75 Å². The summed E-state index contributed by atoms with van der Waals surface area (Å²) in [5.41, 5.74) is 0.000668. The molecule has 2 nitrogen and oxygen atoms in total. The Bertz CT molecular complexity index is 468. The minimum Gasteiger partial charge on any atom is -0.486 e. The van der Waals surface area contributed by atoms with Crippen LogP contribution in [0.2, 0.25) is 0 Å². The number of carbonyl (C=O) groups is 1. The van der Waals surface area contributed by atoms with Crippen LogP contribution < -0.4 is 4.74 Å². The third-order valence-electron chi connectivity index (χ3n) is 3.39. The fourth-order valence-electron chi connectivity index (χ4n) is 2.28. The maximum Gasteiger partial charge on any atom is 0.170 e. The predicted molar refractivity (Wildman–Crippen MR) is 68.5 cm³/mol. The van der Waals surface area contributed by atoms with Gasteiger partial charge in [-0.05, 0) is 37.8 Å². The topological polar surface area (TPSA) is 26.3 Å². The van der Waals surface area contributed by atoms with Gasteiger partial charge in [0.2, 0.25) is 0 Å². The molecule has 0 saturated heterocycles. The molecule has 0 bridgehead atoms. The lowest BCUT2D eigenvalue weighted by Gasteiger charge is -2.35. The monoisotopic (exact) mass is 250 g/mol. The van der Waals surface area contributed by atoms with E-state index in [2.05, 4.69) is 13.8 Å². The summed E-state index contributed by atoms with van der Waals surface area (Å²) in [6, 6.07) is 4.12. The van der Waals surface area contributed by atoms with Gasteiger partial charge in [0, 0.05) is 6.07 Å². The molecule has 1 aromatic rings. The van der Waals surface area contributed by atoms with Crippen molar-refractivity contribution >= 4 is 5.78 Å². The minimum absolute atomic E-state index is 0.0440. The van der Waals surface area contributed by atoms with Gasteiger partial charge < -0.3 is 4.74 Å². The van der Waals surface area contributed by atoms with Crippen LogP contribution in [0.15, 0.2) is 18.2 Å². The van der Waals surface area contributed by atoms with Gasteiger partial charge in [-0.1, -0.05) is 13.8 Å². The van der Waals surface area contributed by atoms with Crippen molar-refractivity contribution in [3.8, 4) is 5.75 Å². The van der Waals surface area contributed by atoms with Crippen LogP contribution >= 0.6 is 0 Å². The van der Waals surface area contributed by atoms with Crippen LogP contribution in [-0.4, -0.2) is 11.4 Å². The summed E-state index contributed by atoms with van der Waals surface area (Å²) in [5, 5.41) is 0. The molecule has 1 aliphatic rings. The number of carbonyl (C=O) groups excluding carboxylic acids is 1. The fraction of sp³-hybridized carbons (Fsp3) is 0.533. The van der Waals surface area contributed by atoms with Crippen molar-refractivity contribution in [2.75, 3.05) is 0 Å². The maximum absolute atomic E-state index is 13.2. The summed E-state index contributed by atoms with van der Waals surface area (Å²) in [6.45, 7) is 6.21. The van der Waals surface area contributed by atoms with Crippen molar-refractivity contribution in [1.29, 1.82) is 0 Å². The molecule has 0 aromatic heterocycles. The van der Waals surface area contributed by atoms with Gasteiger partial charge in [0.25, 0.3) is 0 Å². The second-order valence-corrected chi connectivity index (χ2v) is 5.72. The molecule has 3 heteroatoms. The van der Waals surface area contributed by atoms with Crippen LogP contribution in [0, 0.1) is 11.7 Å². The average Bonchev–Trinajstić information content (AvgIpc) is 2.25. The summed E-state index contributed by atoms with van der Waals surface area (Å²) in [7, 11) is 0. The number of halogens is 1. The molecule has 1 aromatic carbocycles. The Morgan fingerprint density at radius 3 is 2.83 bits per heavy atom. The SMILES string of the molecule is CC(C)CCC1(C)CC(=O)c2ccc(F)cc2O1. The molecule has 98 valence electrons. The molecule has 1 unspecified atom stereocenters. The third-order valence-corrected chi connectivity index (χ3v) is 3.39. The van der Waals surface area contributed by atoms with E-state index in [4.69, 9.17) is 4.74 Å². The fourth-order valence-corrected chi connectivity index (χ4v) is 2.28. The Balaban J connectivity index is 2.23. The van der Waals surface area contributed by atoms with Gasteiger partial charge in [-0.2, -0.15) is 0 Å². The first-order valence-electron chi connectivity index (χ1n) is 6.41. The largest absolute Gasteiger partial charge is 0.486 e. The standard InChI is InChI=1S/C15H19FO2/c1-10(2)6-7-15(3)9-13(17)12-5-4-11(16)8-14(12)18-15/h4-5,8,10H,6-7,9H2,1-3H3. The van der Waals surface area contributed by atoms with E-state index in [0.29, 0.717) is 23.7 Å². The second-order valence-electron chi connectivity index (χ2n) is 5.72. The van der Waals surface area contributed by atoms with Crippen molar-refractivity contribution in [3.05, 3.63) is 29.6 Å². The number of rotatable bonds is 3. The van der Waals surface area contributed by atoms with Gasteiger partial charge in [-0.15, -0.1) is 0 Å². The van der Waals surface area contributed by atoms with E-state index in [0.717, 1.165) is 12.8 Å². The predicted octanol–water partition coefficient (Wildman–Crippen LogP) is 3.99. The lowest BCUT2D eigenvalue weighted by Crippen LogP contribution is -2.39. The van der Waals surface area contributed by atoms with Gasteiger partial charge >= 0.3 is 0 Å². The minimum atomic E-state index is -0.498. The van der Waals surface area contributed by atoms with Crippen molar-refractivity contribution in [2.45, 2.75) is 45.6 Å². The molecular weight excluding hydrogens is 231 g/mol. The molecular formula is C15H19FO2. The number of hydrogen-bond donors (Lipinski definition) is 0. The number of ether oxygens (including phenoxy) is 1.